The minimum absolute atomic E-state index is 0.00530. The van der Waals surface area contributed by atoms with Crippen LogP contribution in [-0.2, 0) is 24.2 Å². The molecule has 1 aliphatic carbocycles. The topological polar surface area (TPSA) is 83.6 Å². The average molecular weight is 257 g/mol. The van der Waals surface area contributed by atoms with Crippen LogP contribution in [0.5, 0.6) is 0 Å². The number of pyridine rings is 1. The van der Waals surface area contributed by atoms with E-state index in [-0.39, 0.29) is 11.8 Å². The second kappa shape index (κ2) is 5.17. The Morgan fingerprint density at radius 2 is 2.32 bits per heavy atom. The zero-order valence-electron chi connectivity index (χ0n) is 10.5. The predicted molar refractivity (Wildman–Crippen MR) is 68.0 cm³/mol. The lowest BCUT2D eigenvalue weighted by Gasteiger charge is -2.19. The molecule has 6 nitrogen and oxygen atoms in total. The molecule has 0 saturated heterocycles. The quantitative estimate of drug-likeness (QED) is 0.844. The third-order valence-electron chi connectivity index (χ3n) is 3.43. The van der Waals surface area contributed by atoms with Gasteiger partial charge < -0.3 is 5.32 Å². The molecule has 0 bridgehead atoms. The van der Waals surface area contributed by atoms with Crippen molar-refractivity contribution >= 4 is 5.91 Å². The molecular formula is C13H15N5O. The molecule has 2 heterocycles. The Morgan fingerprint density at radius 3 is 3.16 bits per heavy atom. The van der Waals surface area contributed by atoms with Crippen molar-refractivity contribution in [3.05, 3.63) is 41.5 Å². The molecule has 0 fully saturated rings. The number of carbonyl (C=O) groups is 1. The number of H-pyrrole nitrogens is 1. The normalized spacial score (nSPS) is 17.8. The van der Waals surface area contributed by atoms with Gasteiger partial charge in [0.15, 0.2) is 0 Å². The van der Waals surface area contributed by atoms with Crippen molar-refractivity contribution in [3.8, 4) is 0 Å². The van der Waals surface area contributed by atoms with Crippen molar-refractivity contribution < 1.29 is 4.79 Å². The number of hydrogen-bond donors (Lipinski definition) is 2. The van der Waals surface area contributed by atoms with Crippen LogP contribution in [0.4, 0.5) is 0 Å². The van der Waals surface area contributed by atoms with Crippen molar-refractivity contribution in [2.45, 2.75) is 25.8 Å². The standard InChI is InChI=1S/C13H15N5O/c19-13(15-8-9-2-1-5-14-7-9)10-3-4-11-12(6-10)17-18-16-11/h1-2,5,7,10H,3-4,6,8H2,(H,15,19)(H,16,17,18). The Kier molecular flexibility index (Phi) is 3.22. The number of aryl methyl sites for hydroxylation is 1. The second-order valence-electron chi connectivity index (χ2n) is 4.74. The molecule has 3 rings (SSSR count). The highest BCUT2D eigenvalue weighted by Gasteiger charge is 2.26. The molecule has 1 aliphatic rings. The van der Waals surface area contributed by atoms with E-state index >= 15 is 0 Å². The van der Waals surface area contributed by atoms with E-state index in [1.807, 2.05) is 12.1 Å². The summed E-state index contributed by atoms with van der Waals surface area (Å²) >= 11 is 0. The lowest BCUT2D eigenvalue weighted by molar-refractivity contribution is -0.125. The van der Waals surface area contributed by atoms with Crippen molar-refractivity contribution in [3.63, 3.8) is 0 Å². The van der Waals surface area contributed by atoms with Crippen LogP contribution >= 0.6 is 0 Å². The summed E-state index contributed by atoms with van der Waals surface area (Å²) in [5.41, 5.74) is 2.93. The summed E-state index contributed by atoms with van der Waals surface area (Å²) in [5, 5.41) is 13.7. The van der Waals surface area contributed by atoms with Gasteiger partial charge in [-0.05, 0) is 24.5 Å². The van der Waals surface area contributed by atoms with Gasteiger partial charge in [-0.25, -0.2) is 0 Å². The van der Waals surface area contributed by atoms with Crippen LogP contribution in [0.3, 0.4) is 0 Å². The number of amides is 1. The maximum Gasteiger partial charge on any atom is 0.223 e. The molecule has 1 amide bonds. The summed E-state index contributed by atoms with van der Waals surface area (Å²) in [7, 11) is 0. The molecule has 0 aliphatic heterocycles. The first-order valence-corrected chi connectivity index (χ1v) is 6.38. The highest BCUT2D eigenvalue weighted by molar-refractivity contribution is 5.79. The van der Waals surface area contributed by atoms with Gasteiger partial charge in [0.05, 0.1) is 11.4 Å². The van der Waals surface area contributed by atoms with Crippen LogP contribution < -0.4 is 5.32 Å². The molecule has 0 saturated carbocycles. The first-order valence-electron chi connectivity index (χ1n) is 6.38. The summed E-state index contributed by atoms with van der Waals surface area (Å²) in [6, 6.07) is 3.81. The van der Waals surface area contributed by atoms with Crippen LogP contribution in [0, 0.1) is 5.92 Å². The summed E-state index contributed by atoms with van der Waals surface area (Å²) < 4.78 is 0. The number of aromatic amines is 1. The minimum Gasteiger partial charge on any atom is -0.352 e. The number of nitrogens with one attached hydrogen (secondary N) is 2. The molecule has 2 aromatic rings. The fraction of sp³-hybridized carbons (Fsp3) is 0.385. The Morgan fingerprint density at radius 1 is 1.42 bits per heavy atom. The Balaban J connectivity index is 1.57. The summed E-state index contributed by atoms with van der Waals surface area (Å²) in [4.78, 5) is 16.1. The van der Waals surface area contributed by atoms with Gasteiger partial charge in [0.2, 0.25) is 5.91 Å². The number of carbonyl (C=O) groups excluding carboxylic acids is 1. The van der Waals surface area contributed by atoms with Gasteiger partial charge in [-0.1, -0.05) is 6.07 Å². The molecule has 0 spiro atoms. The molecule has 19 heavy (non-hydrogen) atoms. The van der Waals surface area contributed by atoms with Gasteiger partial charge in [-0.3, -0.25) is 9.78 Å². The zero-order valence-corrected chi connectivity index (χ0v) is 10.5. The largest absolute Gasteiger partial charge is 0.352 e. The molecule has 0 aromatic carbocycles. The van der Waals surface area contributed by atoms with Gasteiger partial charge in [0.1, 0.15) is 0 Å². The molecule has 2 N–H and O–H groups in total. The van der Waals surface area contributed by atoms with Crippen LogP contribution in [0.1, 0.15) is 23.4 Å². The Bertz CT molecular complexity index is 565. The van der Waals surface area contributed by atoms with Crippen molar-refractivity contribution in [2.75, 3.05) is 0 Å². The van der Waals surface area contributed by atoms with Crippen LogP contribution in [-0.4, -0.2) is 26.3 Å². The smallest absolute Gasteiger partial charge is 0.223 e. The molecule has 98 valence electrons. The molecule has 1 unspecified atom stereocenters. The van der Waals surface area contributed by atoms with E-state index in [4.69, 9.17) is 0 Å². The number of hydrogen-bond acceptors (Lipinski definition) is 4. The zero-order chi connectivity index (χ0) is 13.1. The van der Waals surface area contributed by atoms with E-state index in [0.29, 0.717) is 13.0 Å². The molecule has 6 heteroatoms. The lowest BCUT2D eigenvalue weighted by atomic mass is 9.89. The maximum absolute atomic E-state index is 12.1. The average Bonchev–Trinajstić information content (AvgIpc) is 2.93. The summed E-state index contributed by atoms with van der Waals surface area (Å²) in [5.74, 6) is 0.0757. The number of aromatic nitrogens is 4. The van der Waals surface area contributed by atoms with E-state index in [0.717, 1.165) is 29.8 Å². The van der Waals surface area contributed by atoms with E-state index in [1.165, 1.54) is 0 Å². The van der Waals surface area contributed by atoms with E-state index in [9.17, 15) is 4.79 Å². The first-order chi connectivity index (χ1) is 9.33. The lowest BCUT2D eigenvalue weighted by Crippen LogP contribution is -2.33. The minimum atomic E-state index is -0.00530. The van der Waals surface area contributed by atoms with Gasteiger partial charge in [0, 0.05) is 31.3 Å². The fourth-order valence-corrected chi connectivity index (χ4v) is 2.34. The Hall–Kier alpha value is -2.24. The van der Waals surface area contributed by atoms with Gasteiger partial charge in [-0.2, -0.15) is 15.4 Å². The SMILES string of the molecule is O=C(NCc1cccnc1)C1CCc2n[nH]nc2C1. The third kappa shape index (κ3) is 2.62. The first kappa shape index (κ1) is 11.8. The molecule has 1 atom stereocenters. The van der Waals surface area contributed by atoms with E-state index in [1.54, 1.807) is 12.4 Å². The predicted octanol–water partition coefficient (Wildman–Crippen LogP) is 0.621. The molecule has 2 aromatic heterocycles. The molecule has 0 radical (unpaired) electrons. The van der Waals surface area contributed by atoms with Gasteiger partial charge in [-0.15, -0.1) is 0 Å². The number of nitrogens with zero attached hydrogens (tertiary/aromatic N) is 3. The highest BCUT2D eigenvalue weighted by atomic mass is 16.1. The van der Waals surface area contributed by atoms with Gasteiger partial charge >= 0.3 is 0 Å². The maximum atomic E-state index is 12.1. The van der Waals surface area contributed by atoms with Gasteiger partial charge in [0.25, 0.3) is 0 Å². The van der Waals surface area contributed by atoms with Crippen molar-refractivity contribution in [1.29, 1.82) is 0 Å². The Labute approximate surface area is 110 Å². The van der Waals surface area contributed by atoms with Crippen LogP contribution in [0.2, 0.25) is 0 Å². The molecular weight excluding hydrogens is 242 g/mol. The highest BCUT2D eigenvalue weighted by Crippen LogP contribution is 2.22. The van der Waals surface area contributed by atoms with Crippen molar-refractivity contribution in [2.24, 2.45) is 5.92 Å². The summed E-state index contributed by atoms with van der Waals surface area (Å²) in [6.07, 6.45) is 5.80. The second-order valence-corrected chi connectivity index (χ2v) is 4.74. The fourth-order valence-electron chi connectivity index (χ4n) is 2.34. The van der Waals surface area contributed by atoms with Crippen molar-refractivity contribution in [1.82, 2.24) is 25.7 Å². The number of fused-ring (bicyclic) bond motifs is 1. The van der Waals surface area contributed by atoms with E-state index < -0.39 is 0 Å². The number of rotatable bonds is 3. The van der Waals surface area contributed by atoms with E-state index in [2.05, 4.69) is 25.7 Å². The monoisotopic (exact) mass is 257 g/mol. The summed E-state index contributed by atoms with van der Waals surface area (Å²) in [6.45, 7) is 0.523. The van der Waals surface area contributed by atoms with Crippen LogP contribution in [0.25, 0.3) is 0 Å². The third-order valence-corrected chi connectivity index (χ3v) is 3.43. The van der Waals surface area contributed by atoms with Crippen LogP contribution in [0.15, 0.2) is 24.5 Å².